The van der Waals surface area contributed by atoms with Crippen molar-refractivity contribution in [2.45, 2.75) is 40.7 Å². The summed E-state index contributed by atoms with van der Waals surface area (Å²) < 4.78 is 10.9. The highest BCUT2D eigenvalue weighted by Gasteiger charge is 2.03. The molecule has 0 atom stereocenters. The van der Waals surface area contributed by atoms with Gasteiger partial charge in [-0.05, 0) is 38.5 Å². The summed E-state index contributed by atoms with van der Waals surface area (Å²) in [5.74, 6) is 1.85. The first kappa shape index (κ1) is 14.4. The van der Waals surface area contributed by atoms with E-state index in [1.54, 1.807) is 6.26 Å². The molecule has 1 aromatic heterocycles. The fourth-order valence-electron chi connectivity index (χ4n) is 1.54. The molecule has 0 radical (unpaired) electrons. The Labute approximate surface area is 110 Å². The van der Waals surface area contributed by atoms with Gasteiger partial charge in [-0.3, -0.25) is 0 Å². The molecule has 2 rings (SSSR count). The molecule has 0 saturated carbocycles. The van der Waals surface area contributed by atoms with Crippen LogP contribution in [0, 0.1) is 6.92 Å². The molecule has 0 unspecified atom stereocenters. The van der Waals surface area contributed by atoms with E-state index in [2.05, 4.69) is 25.2 Å². The SMILES string of the molecule is CC.CC1=CCC=C(OCc2ccoc2C)C=C1. The van der Waals surface area contributed by atoms with Crippen LogP contribution in [0.25, 0.3) is 0 Å². The molecule has 0 fully saturated rings. The number of aryl methyl sites for hydroxylation is 1. The van der Waals surface area contributed by atoms with E-state index >= 15 is 0 Å². The van der Waals surface area contributed by atoms with Crippen molar-refractivity contribution < 1.29 is 9.15 Å². The fraction of sp³-hybridized carbons (Fsp3) is 0.375. The van der Waals surface area contributed by atoms with Crippen LogP contribution in [0.5, 0.6) is 0 Å². The van der Waals surface area contributed by atoms with Gasteiger partial charge in [-0.1, -0.05) is 31.6 Å². The Bertz CT molecular complexity index is 447. The fourth-order valence-corrected chi connectivity index (χ4v) is 1.54. The molecule has 0 spiro atoms. The molecule has 2 heteroatoms. The molecular formula is C16H22O2. The Kier molecular flexibility index (Phi) is 6.06. The van der Waals surface area contributed by atoms with Crippen LogP contribution in [0.2, 0.25) is 0 Å². The van der Waals surface area contributed by atoms with Gasteiger partial charge in [0.25, 0.3) is 0 Å². The first-order chi connectivity index (χ1) is 8.75. The molecule has 0 aliphatic heterocycles. The lowest BCUT2D eigenvalue weighted by Gasteiger charge is -2.05. The lowest BCUT2D eigenvalue weighted by atomic mass is 10.2. The summed E-state index contributed by atoms with van der Waals surface area (Å²) in [7, 11) is 0. The van der Waals surface area contributed by atoms with Crippen LogP contribution in [0.3, 0.4) is 0 Å². The van der Waals surface area contributed by atoms with Gasteiger partial charge < -0.3 is 9.15 Å². The minimum Gasteiger partial charge on any atom is -0.489 e. The summed E-state index contributed by atoms with van der Waals surface area (Å²) >= 11 is 0. The summed E-state index contributed by atoms with van der Waals surface area (Å²) in [5, 5.41) is 0. The van der Waals surface area contributed by atoms with Crippen molar-refractivity contribution in [2.24, 2.45) is 0 Å². The van der Waals surface area contributed by atoms with Gasteiger partial charge in [0.1, 0.15) is 18.1 Å². The molecule has 1 aliphatic carbocycles. The molecule has 0 bridgehead atoms. The van der Waals surface area contributed by atoms with Gasteiger partial charge in [-0.2, -0.15) is 0 Å². The number of hydrogen-bond donors (Lipinski definition) is 0. The normalized spacial score (nSPS) is 14.0. The molecule has 2 nitrogen and oxygen atoms in total. The molecule has 0 saturated heterocycles. The zero-order valence-corrected chi connectivity index (χ0v) is 11.7. The number of hydrogen-bond acceptors (Lipinski definition) is 2. The molecule has 1 heterocycles. The van der Waals surface area contributed by atoms with Crippen molar-refractivity contribution in [3.63, 3.8) is 0 Å². The van der Waals surface area contributed by atoms with E-state index < -0.39 is 0 Å². The largest absolute Gasteiger partial charge is 0.489 e. The van der Waals surface area contributed by atoms with E-state index in [9.17, 15) is 0 Å². The monoisotopic (exact) mass is 246 g/mol. The Morgan fingerprint density at radius 2 is 1.94 bits per heavy atom. The van der Waals surface area contributed by atoms with Gasteiger partial charge in [0.2, 0.25) is 0 Å². The second-order valence-corrected chi connectivity index (χ2v) is 3.91. The molecule has 0 amide bonds. The maximum Gasteiger partial charge on any atom is 0.117 e. The smallest absolute Gasteiger partial charge is 0.117 e. The summed E-state index contributed by atoms with van der Waals surface area (Å²) in [6, 6.07) is 1.94. The highest BCUT2D eigenvalue weighted by atomic mass is 16.5. The predicted molar refractivity (Wildman–Crippen MR) is 75.2 cm³/mol. The van der Waals surface area contributed by atoms with E-state index in [1.807, 2.05) is 32.9 Å². The first-order valence-corrected chi connectivity index (χ1v) is 6.46. The van der Waals surface area contributed by atoms with Crippen molar-refractivity contribution in [2.75, 3.05) is 0 Å². The topological polar surface area (TPSA) is 22.4 Å². The van der Waals surface area contributed by atoms with Crippen molar-refractivity contribution in [1.29, 1.82) is 0 Å². The number of ether oxygens (including phenoxy) is 1. The summed E-state index contributed by atoms with van der Waals surface area (Å²) in [6.07, 6.45) is 11.0. The number of furan rings is 1. The van der Waals surface area contributed by atoms with Gasteiger partial charge in [-0.25, -0.2) is 0 Å². The van der Waals surface area contributed by atoms with Crippen LogP contribution < -0.4 is 0 Å². The molecule has 98 valence electrons. The van der Waals surface area contributed by atoms with E-state index in [-0.39, 0.29) is 0 Å². The lowest BCUT2D eigenvalue weighted by molar-refractivity contribution is 0.208. The van der Waals surface area contributed by atoms with Crippen molar-refractivity contribution >= 4 is 0 Å². The number of allylic oxidation sites excluding steroid dienone is 5. The highest BCUT2D eigenvalue weighted by Crippen LogP contribution is 2.15. The highest BCUT2D eigenvalue weighted by molar-refractivity contribution is 5.28. The minimum atomic E-state index is 0.567. The van der Waals surface area contributed by atoms with E-state index in [1.165, 1.54) is 5.57 Å². The standard InChI is InChI=1S/C14H16O2.C2H6/c1-11-4-3-5-14(7-6-11)16-10-13-8-9-15-12(13)2;1-2/h4-9H,3,10H2,1-2H3;1-2H3. The average molecular weight is 246 g/mol. The van der Waals surface area contributed by atoms with Gasteiger partial charge >= 0.3 is 0 Å². The van der Waals surface area contributed by atoms with Crippen LogP contribution in [0.4, 0.5) is 0 Å². The molecule has 0 aromatic carbocycles. The predicted octanol–water partition coefficient (Wildman–Crippen LogP) is 4.92. The molecular weight excluding hydrogens is 224 g/mol. The Morgan fingerprint density at radius 3 is 2.61 bits per heavy atom. The molecule has 1 aromatic rings. The van der Waals surface area contributed by atoms with E-state index in [4.69, 9.17) is 9.15 Å². The maximum absolute atomic E-state index is 5.72. The minimum absolute atomic E-state index is 0.567. The second-order valence-electron chi connectivity index (χ2n) is 3.91. The zero-order chi connectivity index (χ0) is 13.4. The second kappa shape index (κ2) is 7.59. The third kappa shape index (κ3) is 4.28. The summed E-state index contributed by atoms with van der Waals surface area (Å²) in [5.41, 5.74) is 2.37. The average Bonchev–Trinajstić information content (AvgIpc) is 2.68. The summed E-state index contributed by atoms with van der Waals surface area (Å²) in [6.45, 7) is 8.60. The van der Waals surface area contributed by atoms with Gasteiger partial charge in [0.15, 0.2) is 0 Å². The zero-order valence-electron chi connectivity index (χ0n) is 11.7. The van der Waals surface area contributed by atoms with E-state index in [0.29, 0.717) is 6.61 Å². The summed E-state index contributed by atoms with van der Waals surface area (Å²) in [4.78, 5) is 0. The van der Waals surface area contributed by atoms with Crippen molar-refractivity contribution in [1.82, 2.24) is 0 Å². The molecule has 0 N–H and O–H groups in total. The molecule has 18 heavy (non-hydrogen) atoms. The van der Waals surface area contributed by atoms with Gasteiger partial charge in [-0.15, -0.1) is 0 Å². The van der Waals surface area contributed by atoms with E-state index in [0.717, 1.165) is 23.5 Å². The van der Waals surface area contributed by atoms with Gasteiger partial charge in [0, 0.05) is 5.56 Å². The van der Waals surface area contributed by atoms with Crippen molar-refractivity contribution in [3.8, 4) is 0 Å². The third-order valence-electron chi connectivity index (χ3n) is 2.63. The Morgan fingerprint density at radius 1 is 1.17 bits per heavy atom. The number of rotatable bonds is 3. The molecule has 1 aliphatic rings. The quantitative estimate of drug-likeness (QED) is 0.755. The Hall–Kier alpha value is -1.70. The Balaban J connectivity index is 0.000000771. The van der Waals surface area contributed by atoms with Crippen LogP contribution in [0.1, 0.15) is 38.5 Å². The van der Waals surface area contributed by atoms with Crippen molar-refractivity contribution in [3.05, 3.63) is 59.3 Å². The lowest BCUT2D eigenvalue weighted by Crippen LogP contribution is -1.91. The first-order valence-electron chi connectivity index (χ1n) is 6.46. The van der Waals surface area contributed by atoms with Gasteiger partial charge in [0.05, 0.1) is 6.26 Å². The van der Waals surface area contributed by atoms with Crippen LogP contribution in [-0.4, -0.2) is 0 Å². The van der Waals surface area contributed by atoms with Crippen LogP contribution in [-0.2, 0) is 11.3 Å². The maximum atomic E-state index is 5.72. The van der Waals surface area contributed by atoms with Crippen LogP contribution >= 0.6 is 0 Å². The third-order valence-corrected chi connectivity index (χ3v) is 2.63. The van der Waals surface area contributed by atoms with Crippen LogP contribution in [0.15, 0.2) is 52.4 Å².